The van der Waals surface area contributed by atoms with Crippen LogP contribution in [0, 0.1) is 0 Å². The minimum atomic E-state index is -0.244. The molecule has 158 valence electrons. The van der Waals surface area contributed by atoms with Crippen molar-refractivity contribution in [3.05, 3.63) is 29.8 Å². The van der Waals surface area contributed by atoms with Crippen LogP contribution in [-0.2, 0) is 16.1 Å². The predicted molar refractivity (Wildman–Crippen MR) is 119 cm³/mol. The van der Waals surface area contributed by atoms with E-state index in [1.54, 1.807) is 12.0 Å². The zero-order valence-electron chi connectivity index (χ0n) is 16.6. The van der Waals surface area contributed by atoms with Crippen molar-refractivity contribution in [3.8, 4) is 5.75 Å². The lowest BCUT2D eigenvalue weighted by molar-refractivity contribution is 0.0963. The van der Waals surface area contributed by atoms with Crippen LogP contribution in [0.15, 0.2) is 29.3 Å². The van der Waals surface area contributed by atoms with Gasteiger partial charge in [0.05, 0.1) is 33.5 Å². The highest BCUT2D eigenvalue weighted by atomic mass is 127. The average Bonchev–Trinajstić information content (AvgIpc) is 2.69. The number of aliphatic imine (C=N–C) groups is 1. The molecule has 1 fully saturated rings. The number of nitrogens with one attached hydrogen (secondary N) is 1. The molecule has 0 spiro atoms. The Bertz CT molecular complexity index is 604. The Morgan fingerprint density at radius 2 is 1.96 bits per heavy atom. The molecular formula is C19H31IN4O4. The average molecular weight is 506 g/mol. The van der Waals surface area contributed by atoms with Crippen LogP contribution in [0.25, 0.3) is 0 Å². The molecule has 28 heavy (non-hydrogen) atoms. The molecule has 0 aliphatic carbocycles. The molecule has 0 bridgehead atoms. The topological polar surface area (TPSA) is 98.4 Å². The third kappa shape index (κ3) is 8.51. The van der Waals surface area contributed by atoms with Crippen LogP contribution in [-0.4, -0.2) is 63.0 Å². The number of benzene rings is 1. The van der Waals surface area contributed by atoms with Gasteiger partial charge in [-0.15, -0.1) is 24.0 Å². The van der Waals surface area contributed by atoms with Crippen molar-refractivity contribution in [1.29, 1.82) is 0 Å². The lowest BCUT2D eigenvalue weighted by atomic mass is 10.1. The zero-order chi connectivity index (χ0) is 19.5. The molecular weight excluding hydrogens is 475 g/mol. The van der Waals surface area contributed by atoms with Crippen molar-refractivity contribution in [2.45, 2.75) is 32.4 Å². The van der Waals surface area contributed by atoms with E-state index < -0.39 is 0 Å². The first-order valence-electron chi connectivity index (χ1n) is 9.31. The number of carbonyl (C=O) groups excluding carboxylic acids is 1. The van der Waals surface area contributed by atoms with Gasteiger partial charge in [0.25, 0.3) is 0 Å². The largest absolute Gasteiger partial charge is 0.497 e. The maximum absolute atomic E-state index is 11.7. The van der Waals surface area contributed by atoms with Gasteiger partial charge in [0.15, 0.2) is 5.96 Å². The zero-order valence-corrected chi connectivity index (χ0v) is 18.9. The summed E-state index contributed by atoms with van der Waals surface area (Å²) in [5, 5.41) is 3.21. The fraction of sp³-hybridized carbons (Fsp3) is 0.579. The summed E-state index contributed by atoms with van der Waals surface area (Å²) in [6.45, 7) is 5.05. The van der Waals surface area contributed by atoms with Gasteiger partial charge in [0, 0.05) is 19.1 Å². The summed E-state index contributed by atoms with van der Waals surface area (Å²) in [6.07, 6.45) is 1.40. The molecule has 8 nitrogen and oxygen atoms in total. The summed E-state index contributed by atoms with van der Waals surface area (Å²) in [6, 6.07) is 7.99. The molecule has 1 aliphatic rings. The van der Waals surface area contributed by atoms with Gasteiger partial charge in [0.2, 0.25) is 0 Å². The van der Waals surface area contributed by atoms with E-state index in [0.717, 1.165) is 24.2 Å². The Morgan fingerprint density at radius 1 is 1.29 bits per heavy atom. The van der Waals surface area contributed by atoms with Crippen molar-refractivity contribution >= 4 is 36.0 Å². The number of amides is 1. The second-order valence-electron chi connectivity index (χ2n) is 6.27. The molecule has 1 heterocycles. The Morgan fingerprint density at radius 3 is 2.57 bits per heavy atom. The van der Waals surface area contributed by atoms with E-state index >= 15 is 0 Å². The number of rotatable bonds is 8. The Balaban J connectivity index is 0.00000392. The van der Waals surface area contributed by atoms with Crippen LogP contribution in [0.5, 0.6) is 5.75 Å². The normalized spacial score (nSPS) is 14.9. The fourth-order valence-electron chi connectivity index (χ4n) is 2.82. The van der Waals surface area contributed by atoms with Crippen molar-refractivity contribution in [3.63, 3.8) is 0 Å². The van der Waals surface area contributed by atoms with E-state index in [1.807, 2.05) is 31.2 Å². The quantitative estimate of drug-likeness (QED) is 0.243. The first-order valence-corrected chi connectivity index (χ1v) is 9.31. The number of nitrogens with zero attached hydrogens (tertiary/aromatic N) is 2. The van der Waals surface area contributed by atoms with Crippen molar-refractivity contribution in [1.82, 2.24) is 10.2 Å². The van der Waals surface area contributed by atoms with Gasteiger partial charge >= 0.3 is 6.09 Å². The molecule has 1 aromatic rings. The summed E-state index contributed by atoms with van der Waals surface area (Å²) >= 11 is 0. The number of nitrogens with two attached hydrogens (primary N) is 1. The van der Waals surface area contributed by atoms with E-state index in [4.69, 9.17) is 19.9 Å². The first-order chi connectivity index (χ1) is 13.1. The molecule has 1 aromatic carbocycles. The van der Waals surface area contributed by atoms with Crippen LogP contribution in [0.1, 0.15) is 25.3 Å². The maximum atomic E-state index is 11.7. The number of halogens is 1. The monoisotopic (exact) mass is 506 g/mol. The lowest BCUT2D eigenvalue weighted by Crippen LogP contribution is -2.48. The molecule has 0 atom stereocenters. The highest BCUT2D eigenvalue weighted by Crippen LogP contribution is 2.12. The van der Waals surface area contributed by atoms with Crippen molar-refractivity contribution in [2.75, 3.05) is 40.0 Å². The van der Waals surface area contributed by atoms with Gasteiger partial charge in [-0.2, -0.15) is 0 Å². The smallest absolute Gasteiger partial charge is 0.409 e. The first kappa shape index (κ1) is 24.3. The van der Waals surface area contributed by atoms with Gasteiger partial charge in [0.1, 0.15) is 5.75 Å². The Hall–Kier alpha value is -1.75. The fourth-order valence-corrected chi connectivity index (χ4v) is 2.82. The maximum Gasteiger partial charge on any atom is 0.409 e. The molecule has 0 radical (unpaired) electrons. The van der Waals surface area contributed by atoms with Crippen LogP contribution in [0.3, 0.4) is 0 Å². The molecule has 0 saturated carbocycles. The molecule has 1 saturated heterocycles. The van der Waals surface area contributed by atoms with Crippen LogP contribution >= 0.6 is 24.0 Å². The molecule has 0 unspecified atom stereocenters. The van der Waals surface area contributed by atoms with Gasteiger partial charge in [-0.25, -0.2) is 4.79 Å². The van der Waals surface area contributed by atoms with Gasteiger partial charge < -0.3 is 30.2 Å². The number of methoxy groups -OCH3 is 1. The van der Waals surface area contributed by atoms with Crippen LogP contribution < -0.4 is 15.8 Å². The SMILES string of the molecule is CCOC(=O)N1CCC(NC(N)=NCCOCc2ccc(OC)cc2)CC1.I. The molecule has 1 aliphatic heterocycles. The number of piperidine rings is 1. The van der Waals surface area contributed by atoms with E-state index in [0.29, 0.717) is 45.4 Å². The summed E-state index contributed by atoms with van der Waals surface area (Å²) in [5.74, 6) is 1.24. The van der Waals surface area contributed by atoms with E-state index in [9.17, 15) is 4.79 Å². The minimum Gasteiger partial charge on any atom is -0.497 e. The second-order valence-corrected chi connectivity index (χ2v) is 6.27. The number of hydrogen-bond acceptors (Lipinski definition) is 5. The number of carbonyl (C=O) groups is 1. The third-order valence-electron chi connectivity index (χ3n) is 4.32. The summed E-state index contributed by atoms with van der Waals surface area (Å²) in [4.78, 5) is 17.7. The van der Waals surface area contributed by atoms with Crippen LogP contribution in [0.2, 0.25) is 0 Å². The van der Waals surface area contributed by atoms with E-state index in [2.05, 4.69) is 10.3 Å². The van der Waals surface area contributed by atoms with E-state index in [-0.39, 0.29) is 36.1 Å². The standard InChI is InChI=1S/C19H30N4O4.HI/c1-3-27-19(24)23-11-8-16(9-12-23)22-18(20)21-10-13-26-14-15-4-6-17(25-2)7-5-15;/h4-7,16H,3,8-14H2,1-2H3,(H3,20,21,22);1H. The molecule has 9 heteroatoms. The number of likely N-dealkylation sites (tertiary alicyclic amines) is 1. The van der Waals surface area contributed by atoms with Gasteiger partial charge in [-0.05, 0) is 37.5 Å². The van der Waals surface area contributed by atoms with Crippen molar-refractivity contribution in [2.24, 2.45) is 10.7 Å². The molecule has 0 aromatic heterocycles. The van der Waals surface area contributed by atoms with Gasteiger partial charge in [-0.3, -0.25) is 4.99 Å². The highest BCUT2D eigenvalue weighted by Gasteiger charge is 2.23. The van der Waals surface area contributed by atoms with Crippen LogP contribution in [0.4, 0.5) is 4.79 Å². The predicted octanol–water partition coefficient (Wildman–Crippen LogP) is 2.36. The molecule has 2 rings (SSSR count). The third-order valence-corrected chi connectivity index (χ3v) is 4.32. The van der Waals surface area contributed by atoms with E-state index in [1.165, 1.54) is 0 Å². The second kappa shape index (κ2) is 13.4. The number of guanidine groups is 1. The number of hydrogen-bond donors (Lipinski definition) is 2. The van der Waals surface area contributed by atoms with Gasteiger partial charge in [-0.1, -0.05) is 12.1 Å². The molecule has 1 amide bonds. The Labute approximate surface area is 183 Å². The van der Waals surface area contributed by atoms with Crippen molar-refractivity contribution < 1.29 is 19.0 Å². The summed E-state index contributed by atoms with van der Waals surface area (Å²) in [7, 11) is 1.64. The lowest BCUT2D eigenvalue weighted by Gasteiger charge is -2.31. The molecule has 3 N–H and O–H groups in total. The summed E-state index contributed by atoms with van der Waals surface area (Å²) in [5.41, 5.74) is 7.02. The highest BCUT2D eigenvalue weighted by molar-refractivity contribution is 14.0. The summed E-state index contributed by atoms with van der Waals surface area (Å²) < 4.78 is 15.7. The minimum absolute atomic E-state index is 0. The number of ether oxygens (including phenoxy) is 3. The Kier molecular flexibility index (Phi) is 11.7.